The Kier molecular flexibility index (Phi) is 4.54. The molecule has 0 unspecified atom stereocenters. The first-order chi connectivity index (χ1) is 9.11. The molecule has 1 aliphatic carbocycles. The minimum Gasteiger partial charge on any atom is -0.361 e. The summed E-state index contributed by atoms with van der Waals surface area (Å²) in [5, 5.41) is 2.57. The van der Waals surface area contributed by atoms with E-state index < -0.39 is 0 Å². The van der Waals surface area contributed by atoms with Crippen LogP contribution < -0.4 is 10.6 Å². The van der Waals surface area contributed by atoms with E-state index in [0.717, 1.165) is 24.8 Å². The molecule has 0 aromatic carbocycles. The lowest BCUT2D eigenvalue weighted by Gasteiger charge is -2.07. The van der Waals surface area contributed by atoms with Crippen LogP contribution in [-0.4, -0.2) is 4.98 Å². The average molecular weight is 271 g/mol. The van der Waals surface area contributed by atoms with Crippen molar-refractivity contribution in [1.82, 2.24) is 4.98 Å². The van der Waals surface area contributed by atoms with Crippen LogP contribution in [-0.2, 0) is 0 Å². The van der Waals surface area contributed by atoms with Crippen molar-refractivity contribution in [2.24, 2.45) is 0 Å². The molecule has 1 aliphatic rings. The number of rotatable bonds is 5. The van der Waals surface area contributed by atoms with Crippen molar-refractivity contribution >= 4 is 30.0 Å². The zero-order chi connectivity index (χ0) is 13.8. The number of nitrogens with one attached hydrogen (secondary N) is 1. The van der Waals surface area contributed by atoms with Crippen LogP contribution in [0.2, 0.25) is 0 Å². The normalized spacial score (nSPS) is 14.3. The molecule has 100 valence electrons. The van der Waals surface area contributed by atoms with Crippen molar-refractivity contribution in [2.75, 3.05) is 0 Å². The molecule has 0 bridgehead atoms. The predicted octanol–water partition coefficient (Wildman–Crippen LogP) is 3.94. The molecule has 1 heterocycles. The Bertz CT molecular complexity index is 643. The van der Waals surface area contributed by atoms with Gasteiger partial charge in [-0.3, -0.25) is 0 Å². The zero-order valence-corrected chi connectivity index (χ0v) is 12.6. The lowest BCUT2D eigenvalue weighted by atomic mass is 10.1. The average Bonchev–Trinajstić information content (AvgIpc) is 2.81. The van der Waals surface area contributed by atoms with E-state index in [1.807, 2.05) is 0 Å². The molecule has 0 saturated carbocycles. The third kappa shape index (κ3) is 3.32. The minimum absolute atomic E-state index is 0.987. The van der Waals surface area contributed by atoms with Gasteiger partial charge in [0.15, 0.2) is 0 Å². The summed E-state index contributed by atoms with van der Waals surface area (Å²) in [4.78, 5) is 5.72. The van der Waals surface area contributed by atoms with Crippen LogP contribution in [0.1, 0.15) is 38.7 Å². The maximum absolute atomic E-state index is 4.08. The molecule has 0 amide bonds. The summed E-state index contributed by atoms with van der Waals surface area (Å²) in [6, 6.07) is 0. The SMILES string of the molecule is C=C(CC)S/C(=C\c1c[nH]c2c1=CCCC=2)C(=C)C. The van der Waals surface area contributed by atoms with E-state index in [9.17, 15) is 0 Å². The molecular weight excluding hydrogens is 250 g/mol. The van der Waals surface area contributed by atoms with Crippen LogP contribution >= 0.6 is 11.8 Å². The van der Waals surface area contributed by atoms with Gasteiger partial charge in [0.2, 0.25) is 0 Å². The lowest BCUT2D eigenvalue weighted by molar-refractivity contribution is 1.10. The number of thioether (sulfide) groups is 1. The van der Waals surface area contributed by atoms with E-state index >= 15 is 0 Å². The van der Waals surface area contributed by atoms with Gasteiger partial charge in [-0.2, -0.15) is 0 Å². The van der Waals surface area contributed by atoms with Crippen molar-refractivity contribution in [3.8, 4) is 0 Å². The topological polar surface area (TPSA) is 15.8 Å². The van der Waals surface area contributed by atoms with Crippen LogP contribution in [0.4, 0.5) is 0 Å². The summed E-state index contributed by atoms with van der Waals surface area (Å²) < 4.78 is 0. The number of hydrogen-bond donors (Lipinski definition) is 1. The van der Waals surface area contributed by atoms with Gasteiger partial charge in [0.1, 0.15) is 0 Å². The van der Waals surface area contributed by atoms with Crippen LogP contribution in [0.15, 0.2) is 34.7 Å². The molecule has 0 atom stereocenters. The van der Waals surface area contributed by atoms with Crippen molar-refractivity contribution in [2.45, 2.75) is 33.1 Å². The first kappa shape index (κ1) is 14.0. The van der Waals surface area contributed by atoms with E-state index in [1.165, 1.54) is 25.9 Å². The van der Waals surface area contributed by atoms with Gasteiger partial charge in [-0.15, -0.1) is 0 Å². The Morgan fingerprint density at radius 1 is 1.37 bits per heavy atom. The van der Waals surface area contributed by atoms with Gasteiger partial charge in [0.05, 0.1) is 0 Å². The maximum atomic E-state index is 4.08. The second-order valence-electron chi connectivity index (χ2n) is 4.84. The van der Waals surface area contributed by atoms with Crippen molar-refractivity contribution in [3.05, 3.63) is 50.9 Å². The van der Waals surface area contributed by atoms with Crippen molar-refractivity contribution in [1.29, 1.82) is 0 Å². The smallest absolute Gasteiger partial charge is 0.0416 e. The second kappa shape index (κ2) is 6.16. The van der Waals surface area contributed by atoms with Gasteiger partial charge in [-0.05, 0) is 42.7 Å². The Balaban J connectivity index is 2.40. The second-order valence-corrected chi connectivity index (χ2v) is 6.06. The Labute approximate surface area is 119 Å². The summed E-state index contributed by atoms with van der Waals surface area (Å²) >= 11 is 1.73. The first-order valence-corrected chi connectivity index (χ1v) is 7.54. The van der Waals surface area contributed by atoms with Gasteiger partial charge < -0.3 is 4.98 Å². The first-order valence-electron chi connectivity index (χ1n) is 6.72. The van der Waals surface area contributed by atoms with E-state index in [0.29, 0.717) is 0 Å². The fourth-order valence-electron chi connectivity index (χ4n) is 2.05. The van der Waals surface area contributed by atoms with E-state index in [-0.39, 0.29) is 0 Å². The molecule has 0 aliphatic heterocycles. The molecule has 0 spiro atoms. The third-order valence-corrected chi connectivity index (χ3v) is 4.47. The van der Waals surface area contributed by atoms with Crippen molar-refractivity contribution < 1.29 is 0 Å². The summed E-state index contributed by atoms with van der Waals surface area (Å²) in [5.41, 5.74) is 2.34. The highest BCUT2D eigenvalue weighted by atomic mass is 32.2. The lowest BCUT2D eigenvalue weighted by Crippen LogP contribution is -2.26. The predicted molar refractivity (Wildman–Crippen MR) is 88.0 cm³/mol. The number of H-pyrrole nitrogens is 1. The summed E-state index contributed by atoms with van der Waals surface area (Å²) in [5.74, 6) is 0. The molecule has 19 heavy (non-hydrogen) atoms. The number of aromatic nitrogens is 1. The summed E-state index contributed by atoms with van der Waals surface area (Å²) in [6.45, 7) is 12.3. The van der Waals surface area contributed by atoms with Gasteiger partial charge in [0.25, 0.3) is 0 Å². The molecule has 0 saturated heterocycles. The van der Waals surface area contributed by atoms with E-state index in [1.54, 1.807) is 11.8 Å². The van der Waals surface area contributed by atoms with Crippen LogP contribution in [0.25, 0.3) is 18.2 Å². The highest BCUT2D eigenvalue weighted by molar-refractivity contribution is 8.07. The fraction of sp³-hybridized carbons (Fsp3) is 0.294. The number of allylic oxidation sites excluding steroid dienone is 2. The fourth-order valence-corrected chi connectivity index (χ4v) is 2.86. The standard InChI is InChI=1S/C17H21NS/c1-5-13(4)19-17(12(2)3)10-14-11-18-16-9-7-6-8-15(14)16/h8-11,18H,2,4-7H2,1,3H3/b17-10-. The molecule has 1 aromatic heterocycles. The van der Waals surface area contributed by atoms with Crippen molar-refractivity contribution in [3.63, 3.8) is 0 Å². The van der Waals surface area contributed by atoms with E-state index in [4.69, 9.17) is 0 Å². The summed E-state index contributed by atoms with van der Waals surface area (Å²) in [7, 11) is 0. The minimum atomic E-state index is 0.987. The number of fused-ring (bicyclic) bond motifs is 1. The monoisotopic (exact) mass is 271 g/mol. The Hall–Kier alpha value is -1.41. The van der Waals surface area contributed by atoms with Gasteiger partial charge in [-0.25, -0.2) is 0 Å². The number of hydrogen-bond acceptors (Lipinski definition) is 1. The molecule has 1 N–H and O–H groups in total. The molecule has 1 nitrogen and oxygen atoms in total. The highest BCUT2D eigenvalue weighted by Crippen LogP contribution is 2.31. The van der Waals surface area contributed by atoms with Gasteiger partial charge in [-0.1, -0.05) is 44.0 Å². The van der Waals surface area contributed by atoms with E-state index in [2.05, 4.69) is 56.4 Å². The largest absolute Gasteiger partial charge is 0.361 e. The molecular formula is C17H21NS. The molecule has 0 fully saturated rings. The Morgan fingerprint density at radius 3 is 2.79 bits per heavy atom. The molecule has 2 rings (SSSR count). The maximum Gasteiger partial charge on any atom is 0.0416 e. The summed E-state index contributed by atoms with van der Waals surface area (Å²) in [6.07, 6.45) is 12.1. The molecule has 0 radical (unpaired) electrons. The van der Waals surface area contributed by atoms with Gasteiger partial charge in [0, 0.05) is 27.2 Å². The zero-order valence-electron chi connectivity index (χ0n) is 11.8. The van der Waals surface area contributed by atoms with Crippen LogP contribution in [0.5, 0.6) is 0 Å². The quantitative estimate of drug-likeness (QED) is 0.802. The van der Waals surface area contributed by atoms with Crippen LogP contribution in [0.3, 0.4) is 0 Å². The van der Waals surface area contributed by atoms with Gasteiger partial charge >= 0.3 is 0 Å². The molecule has 1 aromatic rings. The Morgan fingerprint density at radius 2 is 2.11 bits per heavy atom. The third-order valence-electron chi connectivity index (χ3n) is 3.20. The highest BCUT2D eigenvalue weighted by Gasteiger charge is 2.05. The number of aromatic amines is 1. The molecule has 2 heteroatoms. The van der Waals surface area contributed by atoms with Crippen LogP contribution in [0, 0.1) is 0 Å².